The summed E-state index contributed by atoms with van der Waals surface area (Å²) in [7, 11) is 0. The lowest BCUT2D eigenvalue weighted by molar-refractivity contribution is -0.124. The summed E-state index contributed by atoms with van der Waals surface area (Å²) < 4.78 is 0. The molecular weight excluding hydrogens is 352 g/mol. The average molecular weight is 403 g/mol. The minimum absolute atomic E-state index is 0.296. The zero-order valence-electron chi connectivity index (χ0n) is 20.2. The Labute approximate surface area is 182 Å². The van der Waals surface area contributed by atoms with Crippen molar-refractivity contribution in [3.63, 3.8) is 0 Å². The monoisotopic (exact) mass is 402 g/mol. The van der Waals surface area contributed by atoms with E-state index in [4.69, 9.17) is 0 Å². The molecule has 0 aromatic heterocycles. The number of ketones is 1. The highest BCUT2D eigenvalue weighted by atomic mass is 16.1. The molecule has 29 heavy (non-hydrogen) atoms. The predicted molar refractivity (Wildman–Crippen MR) is 127 cm³/mol. The van der Waals surface area contributed by atoms with Crippen LogP contribution in [0.1, 0.15) is 130 Å². The van der Waals surface area contributed by atoms with Crippen LogP contribution in [-0.4, -0.2) is 5.78 Å². The molecule has 1 saturated carbocycles. The summed E-state index contributed by atoms with van der Waals surface area (Å²) >= 11 is 0. The smallest absolute Gasteiger partial charge is 0.135 e. The van der Waals surface area contributed by atoms with Gasteiger partial charge in [-0.25, -0.2) is 0 Å². The molecule has 0 aromatic rings. The lowest BCUT2D eigenvalue weighted by Gasteiger charge is -2.27. The maximum atomic E-state index is 12.8. The van der Waals surface area contributed by atoms with Gasteiger partial charge in [0.25, 0.3) is 0 Å². The number of Topliss-reactive ketones (excluding diaryl/α,β-unsaturated/α-hetero) is 1. The van der Waals surface area contributed by atoms with Crippen molar-refractivity contribution in [3.8, 4) is 0 Å². The maximum Gasteiger partial charge on any atom is 0.135 e. The molecule has 0 amide bonds. The summed E-state index contributed by atoms with van der Waals surface area (Å²) in [6.07, 6.45) is 23.1. The molecule has 0 spiro atoms. The van der Waals surface area contributed by atoms with Gasteiger partial charge in [-0.2, -0.15) is 0 Å². The SMILES string of the molecule is CCC1CC=C(CC(C)[C@@H](CC)CCCC(=O)[C@H](C)C2CCCCCCC2)CC1. The Bertz CT molecular complexity index is 483. The van der Waals surface area contributed by atoms with Gasteiger partial charge >= 0.3 is 0 Å². The molecule has 2 aliphatic carbocycles. The number of allylic oxidation sites excluding steroid dienone is 2. The van der Waals surface area contributed by atoms with E-state index in [1.165, 1.54) is 89.9 Å². The van der Waals surface area contributed by atoms with Crippen LogP contribution in [0.3, 0.4) is 0 Å². The molecule has 2 unspecified atom stereocenters. The van der Waals surface area contributed by atoms with Crippen molar-refractivity contribution in [1.29, 1.82) is 0 Å². The highest BCUT2D eigenvalue weighted by Crippen LogP contribution is 2.34. The van der Waals surface area contributed by atoms with Gasteiger partial charge in [-0.3, -0.25) is 4.79 Å². The molecule has 168 valence electrons. The lowest BCUT2D eigenvalue weighted by atomic mass is 9.78. The van der Waals surface area contributed by atoms with Crippen LogP contribution in [0.2, 0.25) is 0 Å². The van der Waals surface area contributed by atoms with Gasteiger partial charge in [-0.1, -0.05) is 84.3 Å². The molecule has 1 nitrogen and oxygen atoms in total. The molecule has 1 fully saturated rings. The first kappa shape index (κ1) is 24.7. The Morgan fingerprint density at radius 3 is 2.31 bits per heavy atom. The molecule has 0 aliphatic heterocycles. The second kappa shape index (κ2) is 13.7. The quantitative estimate of drug-likeness (QED) is 0.315. The molecule has 0 radical (unpaired) electrons. The summed E-state index contributed by atoms with van der Waals surface area (Å²) in [5.74, 6) is 3.99. The predicted octanol–water partition coefficient (Wildman–Crippen LogP) is 8.91. The van der Waals surface area contributed by atoms with Gasteiger partial charge in [0, 0.05) is 12.3 Å². The fourth-order valence-electron chi connectivity index (χ4n) is 5.99. The van der Waals surface area contributed by atoms with Crippen molar-refractivity contribution in [2.24, 2.45) is 29.6 Å². The molecule has 1 heteroatoms. The molecule has 2 aliphatic rings. The summed E-state index contributed by atoms with van der Waals surface area (Å²) in [6, 6.07) is 0. The van der Waals surface area contributed by atoms with Gasteiger partial charge in [0.2, 0.25) is 0 Å². The molecule has 0 saturated heterocycles. The van der Waals surface area contributed by atoms with Crippen LogP contribution in [0.4, 0.5) is 0 Å². The summed E-state index contributed by atoms with van der Waals surface area (Å²) in [4.78, 5) is 12.8. The third-order valence-corrected chi connectivity index (χ3v) is 8.47. The molecule has 0 bridgehead atoms. The molecule has 0 N–H and O–H groups in total. The van der Waals surface area contributed by atoms with Gasteiger partial charge in [0.15, 0.2) is 0 Å². The second-order valence-electron chi connectivity index (χ2n) is 10.5. The van der Waals surface area contributed by atoms with Gasteiger partial charge in [0.05, 0.1) is 0 Å². The van der Waals surface area contributed by atoms with E-state index >= 15 is 0 Å². The Morgan fingerprint density at radius 2 is 1.72 bits per heavy atom. The van der Waals surface area contributed by atoms with Crippen molar-refractivity contribution in [1.82, 2.24) is 0 Å². The molecular formula is C28H50O. The van der Waals surface area contributed by atoms with Gasteiger partial charge in [-0.05, 0) is 75.0 Å². The third kappa shape index (κ3) is 8.58. The summed E-state index contributed by atoms with van der Waals surface area (Å²) in [5, 5.41) is 0. The van der Waals surface area contributed by atoms with E-state index in [1.54, 1.807) is 5.57 Å². The fraction of sp³-hybridized carbons (Fsp3) is 0.893. The Balaban J connectivity index is 1.72. The van der Waals surface area contributed by atoms with Gasteiger partial charge < -0.3 is 0 Å². The van der Waals surface area contributed by atoms with Crippen LogP contribution in [-0.2, 0) is 4.79 Å². The lowest BCUT2D eigenvalue weighted by Crippen LogP contribution is -2.22. The summed E-state index contributed by atoms with van der Waals surface area (Å²) in [5.41, 5.74) is 1.72. The Morgan fingerprint density at radius 1 is 1.03 bits per heavy atom. The number of rotatable bonds is 11. The molecule has 0 aromatic carbocycles. The van der Waals surface area contributed by atoms with Crippen LogP contribution >= 0.6 is 0 Å². The average Bonchev–Trinajstić information content (AvgIpc) is 2.71. The van der Waals surface area contributed by atoms with Crippen LogP contribution in [0, 0.1) is 29.6 Å². The van der Waals surface area contributed by atoms with E-state index in [-0.39, 0.29) is 0 Å². The standard InChI is InChI=1S/C28H50O/c1-5-24-17-19-25(20-18-24)21-22(3)26(6-2)15-12-16-28(29)23(4)27-13-10-8-7-9-11-14-27/h19,22-24,26-27H,5-18,20-21H2,1-4H3/t22?,23-,24?,26+/m1/s1. The van der Waals surface area contributed by atoms with Crippen molar-refractivity contribution in [2.75, 3.05) is 0 Å². The van der Waals surface area contributed by atoms with E-state index < -0.39 is 0 Å². The molecule has 4 atom stereocenters. The third-order valence-electron chi connectivity index (χ3n) is 8.47. The maximum absolute atomic E-state index is 12.8. The van der Waals surface area contributed by atoms with Crippen LogP contribution in [0.15, 0.2) is 11.6 Å². The number of carbonyl (C=O) groups excluding carboxylic acids is 1. The van der Waals surface area contributed by atoms with Crippen LogP contribution in [0.25, 0.3) is 0 Å². The minimum Gasteiger partial charge on any atom is -0.299 e. The Kier molecular flexibility index (Phi) is 11.6. The van der Waals surface area contributed by atoms with Crippen LogP contribution < -0.4 is 0 Å². The van der Waals surface area contributed by atoms with E-state index in [0.717, 1.165) is 30.6 Å². The van der Waals surface area contributed by atoms with E-state index in [9.17, 15) is 4.79 Å². The summed E-state index contributed by atoms with van der Waals surface area (Å²) in [6.45, 7) is 9.37. The first-order valence-corrected chi connectivity index (χ1v) is 13.3. The van der Waals surface area contributed by atoms with Gasteiger partial charge in [-0.15, -0.1) is 0 Å². The van der Waals surface area contributed by atoms with E-state index in [1.807, 2.05) is 0 Å². The zero-order chi connectivity index (χ0) is 21.1. The highest BCUT2D eigenvalue weighted by Gasteiger charge is 2.25. The second-order valence-corrected chi connectivity index (χ2v) is 10.5. The number of hydrogen-bond donors (Lipinski definition) is 0. The normalized spacial score (nSPS) is 24.8. The number of carbonyl (C=O) groups is 1. The minimum atomic E-state index is 0.296. The number of hydrogen-bond acceptors (Lipinski definition) is 1. The van der Waals surface area contributed by atoms with Gasteiger partial charge in [0.1, 0.15) is 5.78 Å². The highest BCUT2D eigenvalue weighted by molar-refractivity contribution is 5.80. The Hall–Kier alpha value is -0.590. The van der Waals surface area contributed by atoms with Crippen molar-refractivity contribution in [2.45, 2.75) is 130 Å². The van der Waals surface area contributed by atoms with E-state index in [2.05, 4.69) is 33.8 Å². The van der Waals surface area contributed by atoms with Crippen molar-refractivity contribution in [3.05, 3.63) is 11.6 Å². The zero-order valence-corrected chi connectivity index (χ0v) is 20.2. The first-order valence-electron chi connectivity index (χ1n) is 13.3. The van der Waals surface area contributed by atoms with Crippen molar-refractivity contribution >= 4 is 5.78 Å². The van der Waals surface area contributed by atoms with E-state index in [0.29, 0.717) is 17.6 Å². The van der Waals surface area contributed by atoms with Crippen molar-refractivity contribution < 1.29 is 4.79 Å². The molecule has 0 heterocycles. The topological polar surface area (TPSA) is 17.1 Å². The fourth-order valence-corrected chi connectivity index (χ4v) is 5.99. The first-order chi connectivity index (χ1) is 14.0. The largest absolute Gasteiger partial charge is 0.299 e. The van der Waals surface area contributed by atoms with Crippen LogP contribution in [0.5, 0.6) is 0 Å². The molecule has 2 rings (SSSR count).